The van der Waals surface area contributed by atoms with Crippen LogP contribution in [0.15, 0.2) is 30.3 Å². The number of aliphatic hydroxyl groups is 1. The second kappa shape index (κ2) is 8.20. The van der Waals surface area contributed by atoms with Gasteiger partial charge < -0.3 is 19.5 Å². The lowest BCUT2D eigenvalue weighted by molar-refractivity contribution is -0.0180. The average molecular weight is 350 g/mol. The fraction of sp³-hybridized carbons (Fsp3) is 0.556. The second-order valence-corrected chi connectivity index (χ2v) is 7.00. The molecular formula is C18H26N2O5. The highest BCUT2D eigenvalue weighted by Crippen LogP contribution is 2.19. The molecule has 0 bridgehead atoms. The van der Waals surface area contributed by atoms with Gasteiger partial charge in [-0.25, -0.2) is 9.59 Å². The first-order valence-corrected chi connectivity index (χ1v) is 8.36. The van der Waals surface area contributed by atoms with Gasteiger partial charge >= 0.3 is 12.2 Å². The molecule has 1 fully saturated rings. The van der Waals surface area contributed by atoms with Crippen LogP contribution in [0.4, 0.5) is 9.59 Å². The maximum absolute atomic E-state index is 12.2. The summed E-state index contributed by atoms with van der Waals surface area (Å²) in [4.78, 5) is 27.3. The number of carbonyl (C=O) groups excluding carboxylic acids is 2. The standard InChI is InChI=1S/C18H26N2O5/c1-18(2,3)25-17(23)20(9-10-21)15-11-19(12-15)16(22)24-13-14-7-5-4-6-8-14/h4-8,15,21H,9-13H2,1-3H3. The minimum Gasteiger partial charge on any atom is -0.445 e. The second-order valence-electron chi connectivity index (χ2n) is 7.00. The van der Waals surface area contributed by atoms with Gasteiger partial charge in [-0.05, 0) is 26.3 Å². The molecule has 0 spiro atoms. The molecule has 1 aromatic carbocycles. The predicted octanol–water partition coefficient (Wildman–Crippen LogP) is 2.24. The van der Waals surface area contributed by atoms with Crippen molar-refractivity contribution in [3.8, 4) is 0 Å². The molecule has 2 amide bonds. The molecule has 1 aromatic rings. The highest BCUT2D eigenvalue weighted by atomic mass is 16.6. The Labute approximate surface area is 148 Å². The van der Waals surface area contributed by atoms with E-state index in [2.05, 4.69) is 0 Å². The Morgan fingerprint density at radius 3 is 2.44 bits per heavy atom. The fourth-order valence-corrected chi connectivity index (χ4v) is 2.46. The summed E-state index contributed by atoms with van der Waals surface area (Å²) in [5.41, 5.74) is 0.312. The van der Waals surface area contributed by atoms with Crippen LogP contribution >= 0.6 is 0 Å². The highest BCUT2D eigenvalue weighted by Gasteiger charge is 2.39. The summed E-state index contributed by atoms with van der Waals surface area (Å²) < 4.78 is 10.6. The molecule has 25 heavy (non-hydrogen) atoms. The molecule has 2 rings (SSSR count). The molecule has 1 aliphatic heterocycles. The molecule has 0 saturated carbocycles. The maximum atomic E-state index is 12.2. The molecule has 0 unspecified atom stereocenters. The summed E-state index contributed by atoms with van der Waals surface area (Å²) in [5.74, 6) is 0. The predicted molar refractivity (Wildman–Crippen MR) is 92.0 cm³/mol. The third-order valence-corrected chi connectivity index (χ3v) is 3.74. The first-order valence-electron chi connectivity index (χ1n) is 8.36. The van der Waals surface area contributed by atoms with Gasteiger partial charge in [0.05, 0.1) is 12.6 Å². The van der Waals surface area contributed by atoms with Crippen LogP contribution in [-0.4, -0.2) is 65.0 Å². The number of rotatable bonds is 5. The minimum atomic E-state index is -0.608. The molecule has 0 aromatic heterocycles. The Bertz CT molecular complexity index is 579. The number of aliphatic hydroxyl groups excluding tert-OH is 1. The molecule has 0 atom stereocenters. The van der Waals surface area contributed by atoms with E-state index in [-0.39, 0.29) is 25.8 Å². The van der Waals surface area contributed by atoms with Crippen molar-refractivity contribution in [2.45, 2.75) is 39.0 Å². The lowest BCUT2D eigenvalue weighted by Crippen LogP contribution is -2.63. The summed E-state index contributed by atoms with van der Waals surface area (Å²) in [6, 6.07) is 9.27. The summed E-state index contributed by atoms with van der Waals surface area (Å²) in [6.45, 7) is 6.33. The lowest BCUT2D eigenvalue weighted by atomic mass is 10.1. The maximum Gasteiger partial charge on any atom is 0.410 e. The van der Waals surface area contributed by atoms with E-state index in [4.69, 9.17) is 9.47 Å². The number of hydrogen-bond donors (Lipinski definition) is 1. The van der Waals surface area contributed by atoms with Crippen molar-refractivity contribution in [2.24, 2.45) is 0 Å². The van der Waals surface area contributed by atoms with Gasteiger partial charge in [-0.1, -0.05) is 30.3 Å². The number of benzene rings is 1. The van der Waals surface area contributed by atoms with Crippen LogP contribution < -0.4 is 0 Å². The summed E-state index contributed by atoms with van der Waals surface area (Å²) in [6.07, 6.45) is -0.892. The number of carbonyl (C=O) groups is 2. The quantitative estimate of drug-likeness (QED) is 0.881. The van der Waals surface area contributed by atoms with Gasteiger partial charge in [0.15, 0.2) is 0 Å². The van der Waals surface area contributed by atoms with Crippen LogP contribution in [-0.2, 0) is 16.1 Å². The van der Waals surface area contributed by atoms with Gasteiger partial charge in [-0.3, -0.25) is 4.90 Å². The van der Waals surface area contributed by atoms with Gasteiger partial charge in [0.1, 0.15) is 12.2 Å². The van der Waals surface area contributed by atoms with Gasteiger partial charge in [0.2, 0.25) is 0 Å². The molecule has 1 N–H and O–H groups in total. The Hall–Kier alpha value is -2.28. The highest BCUT2D eigenvalue weighted by molar-refractivity contribution is 5.71. The normalized spacial score (nSPS) is 14.6. The first kappa shape index (κ1) is 19.1. The third kappa shape index (κ3) is 5.63. The van der Waals surface area contributed by atoms with Crippen molar-refractivity contribution >= 4 is 12.2 Å². The molecule has 138 valence electrons. The van der Waals surface area contributed by atoms with Crippen molar-refractivity contribution in [1.29, 1.82) is 0 Å². The van der Waals surface area contributed by atoms with Crippen LogP contribution in [0.1, 0.15) is 26.3 Å². The summed E-state index contributed by atoms with van der Waals surface area (Å²) in [7, 11) is 0. The van der Waals surface area contributed by atoms with Crippen molar-refractivity contribution in [1.82, 2.24) is 9.80 Å². The third-order valence-electron chi connectivity index (χ3n) is 3.74. The molecular weight excluding hydrogens is 324 g/mol. The Balaban J connectivity index is 1.81. The van der Waals surface area contributed by atoms with E-state index in [1.54, 1.807) is 20.8 Å². The van der Waals surface area contributed by atoms with Crippen LogP contribution in [0.2, 0.25) is 0 Å². The van der Waals surface area contributed by atoms with E-state index in [9.17, 15) is 14.7 Å². The fourth-order valence-electron chi connectivity index (χ4n) is 2.46. The van der Waals surface area contributed by atoms with E-state index in [1.807, 2.05) is 30.3 Å². The Kier molecular flexibility index (Phi) is 6.25. The molecule has 7 heteroatoms. The van der Waals surface area contributed by atoms with E-state index < -0.39 is 17.8 Å². The minimum absolute atomic E-state index is 0.159. The van der Waals surface area contributed by atoms with Gasteiger partial charge in [-0.15, -0.1) is 0 Å². The first-order chi connectivity index (χ1) is 11.8. The zero-order valence-corrected chi connectivity index (χ0v) is 15.0. The summed E-state index contributed by atoms with van der Waals surface area (Å²) in [5, 5.41) is 9.18. The van der Waals surface area contributed by atoms with Gasteiger partial charge in [0.25, 0.3) is 0 Å². The number of ether oxygens (including phenoxy) is 2. The average Bonchev–Trinajstić information content (AvgIpc) is 2.50. The van der Waals surface area contributed by atoms with Crippen LogP contribution in [0.25, 0.3) is 0 Å². The molecule has 7 nitrogen and oxygen atoms in total. The van der Waals surface area contributed by atoms with Crippen molar-refractivity contribution < 1.29 is 24.2 Å². The van der Waals surface area contributed by atoms with Crippen molar-refractivity contribution in [3.05, 3.63) is 35.9 Å². The lowest BCUT2D eigenvalue weighted by Gasteiger charge is -2.44. The van der Waals surface area contributed by atoms with E-state index in [0.29, 0.717) is 13.1 Å². The molecule has 1 saturated heterocycles. The van der Waals surface area contributed by atoms with E-state index >= 15 is 0 Å². The molecule has 1 heterocycles. The SMILES string of the molecule is CC(C)(C)OC(=O)N(CCO)C1CN(C(=O)OCc2ccccc2)C1. The number of hydrogen-bond acceptors (Lipinski definition) is 5. The van der Waals surface area contributed by atoms with Crippen molar-refractivity contribution in [2.75, 3.05) is 26.2 Å². The topological polar surface area (TPSA) is 79.3 Å². The zero-order valence-electron chi connectivity index (χ0n) is 15.0. The van der Waals surface area contributed by atoms with E-state index in [0.717, 1.165) is 5.56 Å². The van der Waals surface area contributed by atoms with Gasteiger partial charge in [0, 0.05) is 19.6 Å². The summed E-state index contributed by atoms with van der Waals surface area (Å²) >= 11 is 0. The van der Waals surface area contributed by atoms with Crippen LogP contribution in [0.3, 0.4) is 0 Å². The molecule has 1 aliphatic rings. The Morgan fingerprint density at radius 2 is 1.88 bits per heavy atom. The zero-order chi connectivity index (χ0) is 18.4. The Morgan fingerprint density at radius 1 is 1.24 bits per heavy atom. The number of amides is 2. The van der Waals surface area contributed by atoms with Gasteiger partial charge in [-0.2, -0.15) is 0 Å². The number of likely N-dealkylation sites (tertiary alicyclic amines) is 1. The van der Waals surface area contributed by atoms with Crippen LogP contribution in [0, 0.1) is 0 Å². The molecule has 0 radical (unpaired) electrons. The monoisotopic (exact) mass is 350 g/mol. The van der Waals surface area contributed by atoms with Crippen molar-refractivity contribution in [3.63, 3.8) is 0 Å². The molecule has 0 aliphatic carbocycles. The smallest absolute Gasteiger partial charge is 0.410 e. The van der Waals surface area contributed by atoms with E-state index in [1.165, 1.54) is 9.80 Å². The largest absolute Gasteiger partial charge is 0.445 e. The number of nitrogens with zero attached hydrogens (tertiary/aromatic N) is 2. The van der Waals surface area contributed by atoms with Crippen LogP contribution in [0.5, 0.6) is 0 Å².